The van der Waals surface area contributed by atoms with E-state index in [1.807, 2.05) is 62.4 Å². The molecule has 0 spiro atoms. The minimum Gasteiger partial charge on any atom is -0.356 e. The highest BCUT2D eigenvalue weighted by molar-refractivity contribution is 6.39. The van der Waals surface area contributed by atoms with Gasteiger partial charge in [0.25, 0.3) is 0 Å². The highest BCUT2D eigenvalue weighted by atomic mass is 35.5. The quantitative estimate of drug-likeness (QED) is 0.675. The number of hydrogen-bond acceptors (Lipinski definition) is 2. The molecule has 0 unspecified atom stereocenters. The summed E-state index contributed by atoms with van der Waals surface area (Å²) in [5.74, 6) is 0. The van der Waals surface area contributed by atoms with Gasteiger partial charge in [0.05, 0.1) is 10.7 Å². The van der Waals surface area contributed by atoms with E-state index < -0.39 is 0 Å². The summed E-state index contributed by atoms with van der Waals surface area (Å²) in [6, 6.07) is 16.2. The van der Waals surface area contributed by atoms with Crippen molar-refractivity contribution in [3.8, 4) is 0 Å². The predicted octanol–water partition coefficient (Wildman–Crippen LogP) is 5.97. The van der Waals surface area contributed by atoms with Crippen molar-refractivity contribution < 1.29 is 0 Å². The third kappa shape index (κ3) is 4.76. The van der Waals surface area contributed by atoms with E-state index in [9.17, 15) is 0 Å². The van der Waals surface area contributed by atoms with E-state index in [1.165, 1.54) is 0 Å². The number of nitrogens with one attached hydrogen (secondary N) is 1. The molecule has 3 heteroatoms. The molecule has 2 rings (SSSR count). The van der Waals surface area contributed by atoms with E-state index in [2.05, 4.69) is 16.4 Å². The van der Waals surface area contributed by atoms with Gasteiger partial charge in [-0.3, -0.25) is 4.99 Å². The molecule has 2 nitrogen and oxygen atoms in total. The Morgan fingerprint density at radius 1 is 1.14 bits per heavy atom. The van der Waals surface area contributed by atoms with Crippen LogP contribution in [0.15, 0.2) is 64.6 Å². The van der Waals surface area contributed by atoms with Crippen LogP contribution in [0.3, 0.4) is 0 Å². The van der Waals surface area contributed by atoms with Gasteiger partial charge in [0.15, 0.2) is 0 Å². The number of aliphatic imine (C=N–C) groups is 1. The van der Waals surface area contributed by atoms with Gasteiger partial charge in [-0.1, -0.05) is 42.8 Å². The lowest BCUT2D eigenvalue weighted by molar-refractivity contribution is 1.22. The summed E-state index contributed by atoms with van der Waals surface area (Å²) in [5, 5.41) is 4.04. The van der Waals surface area contributed by atoms with Gasteiger partial charge in [-0.15, -0.1) is 0 Å². The molecule has 2 aromatic carbocycles. The van der Waals surface area contributed by atoms with Crippen LogP contribution < -0.4 is 5.32 Å². The zero-order valence-electron chi connectivity index (χ0n) is 12.3. The molecule has 0 aliphatic rings. The molecule has 0 saturated heterocycles. The molecule has 0 saturated carbocycles. The number of halogens is 1. The lowest BCUT2D eigenvalue weighted by Gasteiger charge is -2.08. The van der Waals surface area contributed by atoms with Crippen molar-refractivity contribution in [2.24, 2.45) is 4.99 Å². The second-order valence-corrected chi connectivity index (χ2v) is 5.18. The average Bonchev–Trinajstić information content (AvgIpc) is 2.48. The zero-order chi connectivity index (χ0) is 15.1. The molecular formula is C18H19ClN2. The van der Waals surface area contributed by atoms with Crippen LogP contribution >= 0.6 is 11.6 Å². The molecule has 0 aliphatic heterocycles. The Hall–Kier alpha value is -2.06. The average molecular weight is 299 g/mol. The monoisotopic (exact) mass is 298 g/mol. The topological polar surface area (TPSA) is 24.4 Å². The largest absolute Gasteiger partial charge is 0.356 e. The van der Waals surface area contributed by atoms with E-state index in [0.717, 1.165) is 29.0 Å². The molecule has 0 radical (unpaired) electrons. The van der Waals surface area contributed by atoms with E-state index in [4.69, 9.17) is 11.6 Å². The summed E-state index contributed by atoms with van der Waals surface area (Å²) in [5.41, 5.74) is 4.15. The van der Waals surface area contributed by atoms with Gasteiger partial charge < -0.3 is 5.32 Å². The number of benzene rings is 2. The fraction of sp³-hybridized carbons (Fsp3) is 0.167. The standard InChI is InChI=1S/C18H19ClN2/c1-3-7-15(19)13-20-18-11-10-17(12-14(18)2)21-16-8-5-4-6-9-16/h4-13,21H,3H2,1-2H3/b15-7-,20-13-. The minimum absolute atomic E-state index is 0.670. The molecule has 0 atom stereocenters. The SMILES string of the molecule is CC/C=C(Cl)/C=N\c1ccc(Nc2ccccc2)cc1C. The second-order valence-electron chi connectivity index (χ2n) is 4.75. The van der Waals surface area contributed by atoms with Gasteiger partial charge in [-0.2, -0.15) is 0 Å². The first kappa shape index (κ1) is 15.3. The third-order valence-electron chi connectivity index (χ3n) is 2.99. The van der Waals surface area contributed by atoms with Crippen LogP contribution in [0.1, 0.15) is 18.9 Å². The van der Waals surface area contributed by atoms with Crippen molar-refractivity contribution in [1.29, 1.82) is 0 Å². The van der Waals surface area contributed by atoms with Crippen molar-refractivity contribution in [3.63, 3.8) is 0 Å². The lowest BCUT2D eigenvalue weighted by Crippen LogP contribution is -1.90. The number of anilines is 2. The predicted molar refractivity (Wildman–Crippen MR) is 93.3 cm³/mol. The van der Waals surface area contributed by atoms with Gasteiger partial charge in [0.1, 0.15) is 0 Å². The van der Waals surface area contributed by atoms with Crippen molar-refractivity contribution >= 4 is 34.9 Å². The van der Waals surface area contributed by atoms with Crippen LogP contribution in [0.4, 0.5) is 17.1 Å². The van der Waals surface area contributed by atoms with Gasteiger partial charge in [0, 0.05) is 17.6 Å². The summed E-state index contributed by atoms with van der Waals surface area (Å²) in [6.45, 7) is 4.09. The molecule has 21 heavy (non-hydrogen) atoms. The first-order valence-corrected chi connectivity index (χ1v) is 7.39. The summed E-state index contributed by atoms with van der Waals surface area (Å²) in [7, 11) is 0. The van der Waals surface area contributed by atoms with Crippen LogP contribution in [0.5, 0.6) is 0 Å². The second kappa shape index (κ2) is 7.65. The summed E-state index contributed by atoms with van der Waals surface area (Å²) in [4.78, 5) is 4.42. The van der Waals surface area contributed by atoms with Crippen LogP contribution in [0.25, 0.3) is 0 Å². The molecule has 0 amide bonds. The molecule has 0 heterocycles. The molecule has 1 N–H and O–H groups in total. The van der Waals surface area contributed by atoms with Crippen LogP contribution in [-0.4, -0.2) is 6.21 Å². The Morgan fingerprint density at radius 2 is 1.90 bits per heavy atom. The van der Waals surface area contributed by atoms with Crippen LogP contribution in [0, 0.1) is 6.92 Å². The third-order valence-corrected chi connectivity index (χ3v) is 3.24. The summed E-state index contributed by atoms with van der Waals surface area (Å²) >= 11 is 6.02. The molecule has 0 aliphatic carbocycles. The summed E-state index contributed by atoms with van der Waals surface area (Å²) in [6.07, 6.45) is 4.53. The molecular weight excluding hydrogens is 280 g/mol. The highest BCUT2D eigenvalue weighted by Crippen LogP contribution is 2.24. The minimum atomic E-state index is 0.670. The summed E-state index contributed by atoms with van der Waals surface area (Å²) < 4.78 is 0. The van der Waals surface area contributed by atoms with Crippen molar-refractivity contribution in [2.75, 3.05) is 5.32 Å². The maximum absolute atomic E-state index is 6.02. The molecule has 108 valence electrons. The van der Waals surface area contributed by atoms with Crippen molar-refractivity contribution in [3.05, 3.63) is 65.2 Å². The normalized spacial score (nSPS) is 11.9. The van der Waals surface area contributed by atoms with Gasteiger partial charge in [-0.25, -0.2) is 0 Å². The van der Waals surface area contributed by atoms with E-state index in [-0.39, 0.29) is 0 Å². The van der Waals surface area contributed by atoms with Crippen LogP contribution in [0.2, 0.25) is 0 Å². The highest BCUT2D eigenvalue weighted by Gasteiger charge is 1.99. The maximum Gasteiger partial charge on any atom is 0.0660 e. The number of aryl methyl sites for hydroxylation is 1. The van der Waals surface area contributed by atoms with Crippen LogP contribution in [-0.2, 0) is 0 Å². The zero-order valence-corrected chi connectivity index (χ0v) is 13.1. The first-order valence-electron chi connectivity index (χ1n) is 7.01. The number of para-hydroxylation sites is 1. The molecule has 0 aromatic heterocycles. The number of allylic oxidation sites excluding steroid dienone is 2. The van der Waals surface area contributed by atoms with Gasteiger partial charge in [0.2, 0.25) is 0 Å². The Morgan fingerprint density at radius 3 is 2.57 bits per heavy atom. The fourth-order valence-corrected chi connectivity index (χ4v) is 2.15. The van der Waals surface area contributed by atoms with Crippen molar-refractivity contribution in [2.45, 2.75) is 20.3 Å². The van der Waals surface area contributed by atoms with E-state index >= 15 is 0 Å². The Bertz CT molecular complexity index is 646. The fourth-order valence-electron chi connectivity index (χ4n) is 1.95. The number of nitrogens with zero attached hydrogens (tertiary/aromatic N) is 1. The number of rotatable bonds is 5. The smallest absolute Gasteiger partial charge is 0.0660 e. The Labute approximate surface area is 131 Å². The Balaban J connectivity index is 2.12. The molecule has 0 bridgehead atoms. The van der Waals surface area contributed by atoms with E-state index in [0.29, 0.717) is 5.03 Å². The molecule has 2 aromatic rings. The van der Waals surface area contributed by atoms with Gasteiger partial charge in [-0.05, 0) is 49.2 Å². The van der Waals surface area contributed by atoms with E-state index in [1.54, 1.807) is 6.21 Å². The van der Waals surface area contributed by atoms with Gasteiger partial charge >= 0.3 is 0 Å². The first-order chi connectivity index (χ1) is 10.2. The maximum atomic E-state index is 6.02. The molecule has 0 fully saturated rings. The lowest BCUT2D eigenvalue weighted by atomic mass is 10.1. The Kier molecular flexibility index (Phi) is 5.59. The van der Waals surface area contributed by atoms with Crippen molar-refractivity contribution in [1.82, 2.24) is 0 Å². The number of hydrogen-bond donors (Lipinski definition) is 1.